The minimum absolute atomic E-state index is 0.0165. The number of hydrogen-bond donors (Lipinski definition) is 1. The van der Waals surface area contributed by atoms with Gasteiger partial charge in [-0.25, -0.2) is 4.79 Å². The summed E-state index contributed by atoms with van der Waals surface area (Å²) in [5.41, 5.74) is -5.97. The maximum Gasteiger partial charge on any atom is 0.340 e. The highest BCUT2D eigenvalue weighted by Crippen LogP contribution is 2.69. The topological polar surface area (TPSA) is 148 Å². The molecule has 41 heavy (non-hydrogen) atoms. The highest BCUT2D eigenvalue weighted by Gasteiger charge is 2.78. The SMILES string of the molecule is CC(=O)O[C@H]1[C@H](OC(C)=O)[C@]2(C)O[C@@]3(CC[C@]2(C)[C@@H]2C(OC(=O)c4cccnc4)C=C[C@](C)(O)[C@@]21C)COC(=O)C3. The number of esters is 4. The first-order chi connectivity index (χ1) is 19.1. The summed E-state index contributed by atoms with van der Waals surface area (Å²) in [6, 6.07) is 3.22. The lowest BCUT2D eigenvalue weighted by Crippen LogP contribution is -2.81. The molecule has 3 heterocycles. The van der Waals surface area contributed by atoms with E-state index in [-0.39, 0.29) is 18.6 Å². The Bertz CT molecular complexity index is 1300. The summed E-state index contributed by atoms with van der Waals surface area (Å²) >= 11 is 0. The second-order valence-corrected chi connectivity index (χ2v) is 12.6. The molecule has 222 valence electrons. The van der Waals surface area contributed by atoms with Crippen molar-refractivity contribution in [3.63, 3.8) is 0 Å². The van der Waals surface area contributed by atoms with E-state index >= 15 is 0 Å². The molecule has 2 aliphatic carbocycles. The van der Waals surface area contributed by atoms with Crippen LogP contribution < -0.4 is 0 Å². The Balaban J connectivity index is 1.70. The van der Waals surface area contributed by atoms with Crippen molar-refractivity contribution in [3.8, 4) is 0 Å². The van der Waals surface area contributed by atoms with Gasteiger partial charge in [0.2, 0.25) is 0 Å². The second-order valence-electron chi connectivity index (χ2n) is 12.6. The Morgan fingerprint density at radius 1 is 1.02 bits per heavy atom. The molecule has 11 heteroatoms. The van der Waals surface area contributed by atoms with E-state index in [2.05, 4.69) is 4.98 Å². The molecule has 0 aromatic carbocycles. The molecule has 0 radical (unpaired) electrons. The van der Waals surface area contributed by atoms with Gasteiger partial charge in [-0.1, -0.05) is 19.9 Å². The van der Waals surface area contributed by atoms with E-state index in [1.54, 1.807) is 45.2 Å². The Morgan fingerprint density at radius 2 is 1.71 bits per heavy atom. The van der Waals surface area contributed by atoms with Crippen LogP contribution in [0.4, 0.5) is 0 Å². The number of aliphatic hydroxyl groups is 1. The lowest BCUT2D eigenvalue weighted by Gasteiger charge is -2.71. The number of nitrogens with zero attached hydrogens (tertiary/aromatic N) is 1. The molecule has 5 rings (SSSR count). The molecule has 0 bridgehead atoms. The van der Waals surface area contributed by atoms with Gasteiger partial charge >= 0.3 is 23.9 Å². The molecule has 4 aliphatic rings. The first-order valence-electron chi connectivity index (χ1n) is 13.8. The maximum atomic E-state index is 13.3. The van der Waals surface area contributed by atoms with Gasteiger partial charge in [0.1, 0.15) is 23.9 Å². The normalized spacial score (nSPS) is 43.0. The molecule has 1 spiro atoms. The van der Waals surface area contributed by atoms with Gasteiger partial charge in [-0.2, -0.15) is 0 Å². The predicted octanol–water partition coefficient (Wildman–Crippen LogP) is 2.69. The number of pyridine rings is 1. The molecule has 9 atom stereocenters. The average molecular weight is 572 g/mol. The summed E-state index contributed by atoms with van der Waals surface area (Å²) in [7, 11) is 0. The minimum Gasteiger partial charge on any atom is -0.463 e. The van der Waals surface area contributed by atoms with Crippen LogP contribution in [0.1, 0.15) is 71.2 Å². The van der Waals surface area contributed by atoms with Crippen molar-refractivity contribution in [1.82, 2.24) is 4.98 Å². The van der Waals surface area contributed by atoms with Crippen LogP contribution in [0.5, 0.6) is 0 Å². The molecule has 1 saturated carbocycles. The van der Waals surface area contributed by atoms with Crippen LogP contribution in [-0.2, 0) is 38.1 Å². The summed E-state index contributed by atoms with van der Waals surface area (Å²) in [6.07, 6.45) is 3.71. The number of ether oxygens (including phenoxy) is 5. The van der Waals surface area contributed by atoms with Gasteiger partial charge in [0.25, 0.3) is 0 Å². The third kappa shape index (κ3) is 4.35. The molecule has 2 aliphatic heterocycles. The van der Waals surface area contributed by atoms with Gasteiger partial charge in [0, 0.05) is 43.0 Å². The van der Waals surface area contributed by atoms with Crippen molar-refractivity contribution in [1.29, 1.82) is 0 Å². The highest BCUT2D eigenvalue weighted by molar-refractivity contribution is 5.89. The van der Waals surface area contributed by atoms with Gasteiger partial charge in [-0.15, -0.1) is 0 Å². The molecular formula is C30H37NO10. The number of fused-ring (bicyclic) bond motifs is 3. The number of hydrogen-bond acceptors (Lipinski definition) is 11. The fourth-order valence-electron chi connectivity index (χ4n) is 7.82. The van der Waals surface area contributed by atoms with Crippen molar-refractivity contribution in [2.75, 3.05) is 6.61 Å². The van der Waals surface area contributed by atoms with Crippen molar-refractivity contribution in [3.05, 3.63) is 42.2 Å². The molecule has 1 aromatic heterocycles. The van der Waals surface area contributed by atoms with Crippen LogP contribution >= 0.6 is 0 Å². The molecule has 1 aromatic rings. The molecular weight excluding hydrogens is 534 g/mol. The Hall–Kier alpha value is -3.31. The summed E-state index contributed by atoms with van der Waals surface area (Å²) in [4.78, 5) is 54.7. The van der Waals surface area contributed by atoms with E-state index in [9.17, 15) is 24.3 Å². The Morgan fingerprint density at radius 3 is 2.29 bits per heavy atom. The van der Waals surface area contributed by atoms with Gasteiger partial charge in [0.15, 0.2) is 12.2 Å². The number of rotatable bonds is 4. The molecule has 1 unspecified atom stereocenters. The van der Waals surface area contributed by atoms with Crippen LogP contribution in [0.15, 0.2) is 36.7 Å². The predicted molar refractivity (Wildman–Crippen MR) is 141 cm³/mol. The van der Waals surface area contributed by atoms with E-state index in [4.69, 9.17) is 23.7 Å². The molecule has 2 saturated heterocycles. The lowest BCUT2D eigenvalue weighted by atomic mass is 9.40. The van der Waals surface area contributed by atoms with Crippen LogP contribution in [0.2, 0.25) is 0 Å². The van der Waals surface area contributed by atoms with Crippen LogP contribution in [0.25, 0.3) is 0 Å². The average Bonchev–Trinajstić information content (AvgIpc) is 3.25. The molecule has 1 N–H and O–H groups in total. The smallest absolute Gasteiger partial charge is 0.340 e. The quantitative estimate of drug-likeness (QED) is 0.323. The number of carbonyl (C=O) groups is 4. The van der Waals surface area contributed by atoms with Gasteiger partial charge in [-0.05, 0) is 44.9 Å². The van der Waals surface area contributed by atoms with Crippen molar-refractivity contribution in [2.45, 2.75) is 95.9 Å². The highest BCUT2D eigenvalue weighted by atomic mass is 16.6. The van der Waals surface area contributed by atoms with Gasteiger partial charge < -0.3 is 28.8 Å². The summed E-state index contributed by atoms with van der Waals surface area (Å²) in [5, 5.41) is 12.0. The third-order valence-electron chi connectivity index (χ3n) is 10.1. The molecule has 11 nitrogen and oxygen atoms in total. The zero-order valence-corrected chi connectivity index (χ0v) is 24.2. The van der Waals surface area contributed by atoms with Crippen molar-refractivity contribution >= 4 is 23.9 Å². The maximum absolute atomic E-state index is 13.3. The van der Waals surface area contributed by atoms with Crippen LogP contribution in [0.3, 0.4) is 0 Å². The fourth-order valence-corrected chi connectivity index (χ4v) is 7.82. The van der Waals surface area contributed by atoms with Crippen LogP contribution in [-0.4, -0.2) is 75.7 Å². The van der Waals surface area contributed by atoms with E-state index in [0.717, 1.165) is 0 Å². The van der Waals surface area contributed by atoms with E-state index < -0.39 is 75.7 Å². The number of carbonyl (C=O) groups excluding carboxylic acids is 4. The Labute approximate surface area is 238 Å². The fraction of sp³-hybridized carbons (Fsp3) is 0.633. The third-order valence-corrected chi connectivity index (χ3v) is 10.1. The van der Waals surface area contributed by atoms with E-state index in [0.29, 0.717) is 12.8 Å². The second kappa shape index (κ2) is 9.62. The largest absolute Gasteiger partial charge is 0.463 e. The first kappa shape index (κ1) is 29.2. The Kier molecular flexibility index (Phi) is 6.85. The number of aromatic nitrogens is 1. The van der Waals surface area contributed by atoms with Gasteiger partial charge in [0.05, 0.1) is 17.6 Å². The zero-order chi connectivity index (χ0) is 30.0. The van der Waals surface area contributed by atoms with E-state index in [1.165, 1.54) is 26.1 Å². The monoisotopic (exact) mass is 571 g/mol. The zero-order valence-electron chi connectivity index (χ0n) is 24.2. The summed E-state index contributed by atoms with van der Waals surface area (Å²) in [6.45, 7) is 9.58. The standard InChI is InChI=1S/C30H37NO10/c1-17(32)38-23-24(39-18(2)33)29(6)26(3,11-12-30(41-29)14-21(34)37-16-30)22-20(9-10-27(4,36)28(22,23)5)40-25(35)19-8-7-13-31-15-19/h7-10,13,15,20,22-24,36H,11-12,14,16H2,1-6H3/t20?,22-,23-,24-,26+,27-,28-,29-,30+/m0/s1. The summed E-state index contributed by atoms with van der Waals surface area (Å²) in [5.74, 6) is -3.00. The number of cyclic esters (lactones) is 1. The molecule has 3 fully saturated rings. The molecule has 0 amide bonds. The summed E-state index contributed by atoms with van der Waals surface area (Å²) < 4.78 is 30.2. The van der Waals surface area contributed by atoms with Crippen molar-refractivity contribution in [2.24, 2.45) is 16.7 Å². The minimum atomic E-state index is -1.60. The lowest BCUT2D eigenvalue weighted by molar-refractivity contribution is -0.366. The van der Waals surface area contributed by atoms with Gasteiger partial charge in [-0.3, -0.25) is 19.4 Å². The first-order valence-corrected chi connectivity index (χ1v) is 13.8. The van der Waals surface area contributed by atoms with E-state index in [1.807, 2.05) is 6.92 Å². The van der Waals surface area contributed by atoms with Crippen molar-refractivity contribution < 1.29 is 48.0 Å². The van der Waals surface area contributed by atoms with Crippen LogP contribution in [0, 0.1) is 16.7 Å².